The van der Waals surface area contributed by atoms with Crippen LogP contribution in [0.2, 0.25) is 0 Å². The lowest BCUT2D eigenvalue weighted by Gasteiger charge is -2.16. The Bertz CT molecular complexity index is 709. The fourth-order valence-electron chi connectivity index (χ4n) is 1.87. The fourth-order valence-corrected chi connectivity index (χ4v) is 2.33. The minimum absolute atomic E-state index is 0.00503. The molecule has 0 saturated heterocycles. The molecular formula is C14H11BrFNO3. The maximum atomic E-state index is 12.9. The second kappa shape index (κ2) is 5.58. The Kier molecular flexibility index (Phi) is 4.04. The number of benzene rings is 1. The summed E-state index contributed by atoms with van der Waals surface area (Å²) in [7, 11) is 0. The van der Waals surface area contributed by atoms with E-state index < -0.39 is 12.0 Å². The van der Waals surface area contributed by atoms with E-state index in [9.17, 15) is 14.0 Å². The summed E-state index contributed by atoms with van der Waals surface area (Å²) in [5.41, 5.74) is 0.375. The lowest BCUT2D eigenvalue weighted by molar-refractivity contribution is 0.0695. The first-order valence-corrected chi connectivity index (χ1v) is 6.60. The van der Waals surface area contributed by atoms with E-state index in [1.54, 1.807) is 19.1 Å². The van der Waals surface area contributed by atoms with Crippen molar-refractivity contribution in [1.82, 2.24) is 4.57 Å². The van der Waals surface area contributed by atoms with Gasteiger partial charge in [-0.15, -0.1) is 0 Å². The van der Waals surface area contributed by atoms with Crippen LogP contribution in [0.25, 0.3) is 0 Å². The van der Waals surface area contributed by atoms with Gasteiger partial charge in [-0.2, -0.15) is 0 Å². The van der Waals surface area contributed by atoms with Gasteiger partial charge in [0.2, 0.25) is 0 Å². The van der Waals surface area contributed by atoms with Crippen LogP contribution in [0, 0.1) is 5.82 Å². The Morgan fingerprint density at radius 3 is 2.50 bits per heavy atom. The molecule has 0 bridgehead atoms. The molecule has 20 heavy (non-hydrogen) atoms. The van der Waals surface area contributed by atoms with Crippen molar-refractivity contribution >= 4 is 21.9 Å². The van der Waals surface area contributed by atoms with Crippen molar-refractivity contribution in [2.45, 2.75) is 13.0 Å². The number of pyridine rings is 1. The molecule has 0 aliphatic heterocycles. The molecule has 1 heterocycles. The number of halogens is 2. The Morgan fingerprint density at radius 2 is 1.95 bits per heavy atom. The Morgan fingerprint density at radius 1 is 1.35 bits per heavy atom. The standard InChI is InChI=1S/C14H11BrFNO3/c1-8(9-2-4-11(16)5-3-9)17-7-10(14(19)20)6-12(15)13(17)18/h2-8H,1H3,(H,19,20)/t8-/m0/s1. The van der Waals surface area contributed by atoms with Gasteiger partial charge in [0.1, 0.15) is 5.82 Å². The summed E-state index contributed by atoms with van der Waals surface area (Å²) < 4.78 is 14.4. The van der Waals surface area contributed by atoms with Crippen molar-refractivity contribution in [2.24, 2.45) is 0 Å². The van der Waals surface area contributed by atoms with E-state index in [-0.39, 0.29) is 21.4 Å². The van der Waals surface area contributed by atoms with Crippen LogP contribution in [0.4, 0.5) is 4.39 Å². The molecule has 6 heteroatoms. The van der Waals surface area contributed by atoms with Gasteiger partial charge >= 0.3 is 5.97 Å². The summed E-state index contributed by atoms with van der Waals surface area (Å²) >= 11 is 3.06. The first-order valence-electron chi connectivity index (χ1n) is 5.80. The van der Waals surface area contributed by atoms with Crippen molar-refractivity contribution in [2.75, 3.05) is 0 Å². The second-order valence-corrected chi connectivity index (χ2v) is 5.18. The molecule has 1 aromatic carbocycles. The number of hydrogen-bond donors (Lipinski definition) is 1. The number of rotatable bonds is 3. The predicted octanol–water partition coefficient (Wildman–Crippen LogP) is 3.06. The minimum Gasteiger partial charge on any atom is -0.478 e. The number of carboxylic acid groups (broad SMARTS) is 1. The lowest BCUT2D eigenvalue weighted by Crippen LogP contribution is -2.25. The maximum absolute atomic E-state index is 12.9. The molecule has 0 amide bonds. The molecule has 0 fully saturated rings. The maximum Gasteiger partial charge on any atom is 0.337 e. The van der Waals surface area contributed by atoms with Crippen LogP contribution >= 0.6 is 15.9 Å². The molecule has 0 unspecified atom stereocenters. The van der Waals surface area contributed by atoms with E-state index in [4.69, 9.17) is 5.11 Å². The fraction of sp³-hybridized carbons (Fsp3) is 0.143. The van der Waals surface area contributed by atoms with Gasteiger partial charge in [0, 0.05) is 6.20 Å². The highest BCUT2D eigenvalue weighted by Gasteiger charge is 2.15. The summed E-state index contributed by atoms with van der Waals surface area (Å²) in [4.78, 5) is 23.1. The largest absolute Gasteiger partial charge is 0.478 e. The average molecular weight is 340 g/mol. The van der Waals surface area contributed by atoms with Crippen LogP contribution < -0.4 is 5.56 Å². The zero-order chi connectivity index (χ0) is 14.9. The molecule has 4 nitrogen and oxygen atoms in total. The number of hydrogen-bond acceptors (Lipinski definition) is 2. The van der Waals surface area contributed by atoms with E-state index in [1.807, 2.05) is 0 Å². The molecule has 2 aromatic rings. The van der Waals surface area contributed by atoms with Gasteiger partial charge in [-0.05, 0) is 46.6 Å². The third-order valence-corrected chi connectivity index (χ3v) is 3.58. The minimum atomic E-state index is -1.12. The van der Waals surface area contributed by atoms with Gasteiger partial charge in [-0.25, -0.2) is 9.18 Å². The molecule has 1 N–H and O–H groups in total. The van der Waals surface area contributed by atoms with E-state index >= 15 is 0 Å². The third kappa shape index (κ3) is 2.80. The van der Waals surface area contributed by atoms with Crippen LogP contribution in [-0.4, -0.2) is 15.6 Å². The van der Waals surface area contributed by atoms with Gasteiger partial charge in [-0.1, -0.05) is 12.1 Å². The molecule has 0 spiro atoms. The van der Waals surface area contributed by atoms with Crippen LogP contribution in [0.1, 0.15) is 28.9 Å². The van der Waals surface area contributed by atoms with Crippen LogP contribution in [0.5, 0.6) is 0 Å². The summed E-state index contributed by atoms with van der Waals surface area (Å²) in [5, 5.41) is 9.03. The average Bonchev–Trinajstić information content (AvgIpc) is 2.41. The first-order chi connectivity index (χ1) is 9.40. The van der Waals surface area contributed by atoms with Crippen LogP contribution in [0.3, 0.4) is 0 Å². The SMILES string of the molecule is C[C@@H](c1ccc(F)cc1)n1cc(C(=O)O)cc(Br)c1=O. The quantitative estimate of drug-likeness (QED) is 0.934. The number of carbonyl (C=O) groups is 1. The third-order valence-electron chi connectivity index (χ3n) is 3.02. The Labute approximate surface area is 122 Å². The van der Waals surface area contributed by atoms with E-state index in [2.05, 4.69) is 15.9 Å². The molecule has 0 radical (unpaired) electrons. The summed E-state index contributed by atoms with van der Waals surface area (Å²) in [5.74, 6) is -1.49. The lowest BCUT2D eigenvalue weighted by atomic mass is 10.1. The predicted molar refractivity (Wildman–Crippen MR) is 75.6 cm³/mol. The number of aromatic carboxylic acids is 1. The van der Waals surface area contributed by atoms with Gasteiger partial charge in [0.15, 0.2) is 0 Å². The molecule has 0 saturated carbocycles. The van der Waals surface area contributed by atoms with Gasteiger partial charge in [-0.3, -0.25) is 4.79 Å². The van der Waals surface area contributed by atoms with Gasteiger partial charge < -0.3 is 9.67 Å². The topological polar surface area (TPSA) is 59.3 Å². The van der Waals surface area contributed by atoms with Crippen LogP contribution in [0.15, 0.2) is 45.8 Å². The van der Waals surface area contributed by atoms with Crippen molar-refractivity contribution < 1.29 is 14.3 Å². The van der Waals surface area contributed by atoms with E-state index in [1.165, 1.54) is 29.0 Å². The van der Waals surface area contributed by atoms with Crippen molar-refractivity contribution in [3.8, 4) is 0 Å². The summed E-state index contributed by atoms with van der Waals surface area (Å²) in [6.45, 7) is 1.74. The molecule has 1 aromatic heterocycles. The van der Waals surface area contributed by atoms with E-state index in [0.717, 1.165) is 0 Å². The molecule has 0 aliphatic carbocycles. The highest BCUT2D eigenvalue weighted by Crippen LogP contribution is 2.18. The van der Waals surface area contributed by atoms with Crippen molar-refractivity contribution in [3.05, 3.63) is 68.3 Å². The Balaban J connectivity index is 2.53. The highest BCUT2D eigenvalue weighted by atomic mass is 79.9. The second-order valence-electron chi connectivity index (χ2n) is 4.32. The van der Waals surface area contributed by atoms with Crippen molar-refractivity contribution in [1.29, 1.82) is 0 Å². The molecule has 2 rings (SSSR count). The molecule has 0 aliphatic rings. The molecule has 104 valence electrons. The van der Waals surface area contributed by atoms with Gasteiger partial charge in [0.05, 0.1) is 16.1 Å². The number of nitrogens with zero attached hydrogens (tertiary/aromatic N) is 1. The number of carboxylic acids is 1. The highest BCUT2D eigenvalue weighted by molar-refractivity contribution is 9.10. The van der Waals surface area contributed by atoms with Crippen molar-refractivity contribution in [3.63, 3.8) is 0 Å². The normalized spacial score (nSPS) is 12.2. The molecular weight excluding hydrogens is 329 g/mol. The molecule has 1 atom stereocenters. The summed E-state index contributed by atoms with van der Waals surface area (Å²) in [6.07, 6.45) is 1.28. The summed E-state index contributed by atoms with van der Waals surface area (Å²) in [6, 6.07) is 6.58. The smallest absolute Gasteiger partial charge is 0.337 e. The number of aromatic nitrogens is 1. The Hall–Kier alpha value is -1.95. The van der Waals surface area contributed by atoms with Crippen LogP contribution in [-0.2, 0) is 0 Å². The first kappa shape index (κ1) is 14.5. The zero-order valence-corrected chi connectivity index (χ0v) is 12.1. The monoisotopic (exact) mass is 339 g/mol. The van der Waals surface area contributed by atoms with E-state index in [0.29, 0.717) is 5.56 Å². The zero-order valence-electron chi connectivity index (χ0n) is 10.5. The van der Waals surface area contributed by atoms with Gasteiger partial charge in [0.25, 0.3) is 5.56 Å².